The summed E-state index contributed by atoms with van der Waals surface area (Å²) < 4.78 is 15.6. The Labute approximate surface area is 128 Å². The molecular formula is C17H17FN4. The zero-order chi connectivity index (χ0) is 15.1. The van der Waals surface area contributed by atoms with Gasteiger partial charge < -0.3 is 5.32 Å². The highest BCUT2D eigenvalue weighted by Crippen LogP contribution is 2.29. The van der Waals surface area contributed by atoms with Crippen LogP contribution in [0.1, 0.15) is 18.4 Å². The summed E-state index contributed by atoms with van der Waals surface area (Å²) in [6.07, 6.45) is 4.33. The van der Waals surface area contributed by atoms with E-state index in [0.717, 1.165) is 35.2 Å². The third kappa shape index (κ3) is 2.43. The number of rotatable bonds is 4. The van der Waals surface area contributed by atoms with Gasteiger partial charge >= 0.3 is 0 Å². The van der Waals surface area contributed by atoms with Gasteiger partial charge in [0.15, 0.2) is 5.65 Å². The van der Waals surface area contributed by atoms with Gasteiger partial charge in [-0.25, -0.2) is 13.9 Å². The molecule has 1 aromatic carbocycles. The first-order valence-electron chi connectivity index (χ1n) is 7.56. The molecule has 2 heterocycles. The molecule has 4 nitrogen and oxygen atoms in total. The van der Waals surface area contributed by atoms with Crippen LogP contribution in [0.5, 0.6) is 0 Å². The number of fused-ring (bicyclic) bond motifs is 1. The van der Waals surface area contributed by atoms with Gasteiger partial charge in [0.1, 0.15) is 11.6 Å². The Kier molecular flexibility index (Phi) is 3.06. The van der Waals surface area contributed by atoms with Crippen LogP contribution in [0.4, 0.5) is 10.2 Å². The van der Waals surface area contributed by atoms with E-state index < -0.39 is 0 Å². The van der Waals surface area contributed by atoms with Gasteiger partial charge in [-0.1, -0.05) is 12.1 Å². The Bertz CT molecular complexity index is 836. The number of hydrogen-bond donors (Lipinski definition) is 1. The predicted octanol–water partition coefficient (Wildman–Crippen LogP) is 3.67. The Balaban J connectivity index is 1.72. The van der Waals surface area contributed by atoms with Crippen LogP contribution < -0.4 is 5.32 Å². The average Bonchev–Trinajstić information content (AvgIpc) is 3.26. The van der Waals surface area contributed by atoms with Crippen molar-refractivity contribution in [3.05, 3.63) is 47.9 Å². The third-order valence-corrected chi connectivity index (χ3v) is 4.10. The molecule has 0 amide bonds. The molecule has 5 heteroatoms. The summed E-state index contributed by atoms with van der Waals surface area (Å²) in [5.74, 6) is 1.40. The molecule has 4 rings (SSSR count). The molecule has 1 fully saturated rings. The van der Waals surface area contributed by atoms with Gasteiger partial charge in [0.2, 0.25) is 0 Å². The molecule has 0 spiro atoms. The van der Waals surface area contributed by atoms with Crippen LogP contribution >= 0.6 is 0 Å². The Morgan fingerprint density at radius 2 is 2.14 bits per heavy atom. The lowest BCUT2D eigenvalue weighted by atomic mass is 10.1. The largest absolute Gasteiger partial charge is 0.368 e. The van der Waals surface area contributed by atoms with Crippen LogP contribution in [-0.4, -0.2) is 21.1 Å². The summed E-state index contributed by atoms with van der Waals surface area (Å²) in [7, 11) is 0. The van der Waals surface area contributed by atoms with Crippen molar-refractivity contribution in [1.82, 2.24) is 14.6 Å². The standard InChI is InChI=1S/C17H17FN4/c1-11-2-5-13(8-14(11)18)15-10-20-17-7-6-16(21-22(15)17)19-9-12-3-4-12/h2,5-8,10,12H,3-4,9H2,1H3,(H,19,21). The quantitative estimate of drug-likeness (QED) is 0.799. The van der Waals surface area contributed by atoms with Gasteiger partial charge in [0.05, 0.1) is 11.9 Å². The minimum Gasteiger partial charge on any atom is -0.368 e. The van der Waals surface area contributed by atoms with Crippen molar-refractivity contribution in [3.63, 3.8) is 0 Å². The minimum absolute atomic E-state index is 0.213. The summed E-state index contributed by atoms with van der Waals surface area (Å²) in [5, 5.41) is 7.94. The number of imidazole rings is 1. The van der Waals surface area contributed by atoms with Gasteiger partial charge in [-0.3, -0.25) is 0 Å². The normalized spacial score (nSPS) is 14.5. The van der Waals surface area contributed by atoms with Crippen molar-refractivity contribution in [2.24, 2.45) is 5.92 Å². The van der Waals surface area contributed by atoms with Crippen molar-refractivity contribution < 1.29 is 4.39 Å². The van der Waals surface area contributed by atoms with Gasteiger partial charge in [-0.05, 0) is 49.4 Å². The number of nitrogens with zero attached hydrogens (tertiary/aromatic N) is 3. The number of anilines is 1. The van der Waals surface area contributed by atoms with E-state index in [4.69, 9.17) is 0 Å². The third-order valence-electron chi connectivity index (χ3n) is 4.10. The van der Waals surface area contributed by atoms with Crippen LogP contribution in [0.3, 0.4) is 0 Å². The van der Waals surface area contributed by atoms with E-state index >= 15 is 0 Å². The fourth-order valence-electron chi connectivity index (χ4n) is 2.49. The number of benzene rings is 1. The lowest BCUT2D eigenvalue weighted by molar-refractivity contribution is 0.619. The lowest BCUT2D eigenvalue weighted by Crippen LogP contribution is -2.07. The average molecular weight is 296 g/mol. The molecule has 0 saturated heterocycles. The predicted molar refractivity (Wildman–Crippen MR) is 84.3 cm³/mol. The summed E-state index contributed by atoms with van der Waals surface area (Å²) in [4.78, 5) is 4.35. The maximum atomic E-state index is 13.8. The monoisotopic (exact) mass is 296 g/mol. The zero-order valence-corrected chi connectivity index (χ0v) is 12.4. The van der Waals surface area contributed by atoms with Crippen LogP contribution in [0.2, 0.25) is 0 Å². The van der Waals surface area contributed by atoms with Crippen LogP contribution in [0.25, 0.3) is 16.9 Å². The maximum absolute atomic E-state index is 13.8. The second kappa shape index (κ2) is 5.09. The second-order valence-electron chi connectivity index (χ2n) is 5.92. The summed E-state index contributed by atoms with van der Waals surface area (Å²) in [6.45, 7) is 2.72. The molecular weight excluding hydrogens is 279 g/mol. The number of halogens is 1. The van der Waals surface area contributed by atoms with E-state index in [1.807, 2.05) is 18.2 Å². The van der Waals surface area contributed by atoms with Gasteiger partial charge in [0.25, 0.3) is 0 Å². The topological polar surface area (TPSA) is 42.2 Å². The SMILES string of the molecule is Cc1ccc(-c2cnc3ccc(NCC4CC4)nn23)cc1F. The summed E-state index contributed by atoms with van der Waals surface area (Å²) in [6, 6.07) is 9.07. The molecule has 1 saturated carbocycles. The molecule has 3 aromatic rings. The zero-order valence-electron chi connectivity index (χ0n) is 12.4. The molecule has 0 bridgehead atoms. The molecule has 2 aromatic heterocycles. The Morgan fingerprint density at radius 1 is 1.27 bits per heavy atom. The Morgan fingerprint density at radius 3 is 2.91 bits per heavy atom. The van der Waals surface area contributed by atoms with Gasteiger partial charge in [0, 0.05) is 12.1 Å². The Hall–Kier alpha value is -2.43. The van der Waals surface area contributed by atoms with Crippen molar-refractivity contribution in [2.75, 3.05) is 11.9 Å². The van der Waals surface area contributed by atoms with Gasteiger partial charge in [-0.15, -0.1) is 5.10 Å². The molecule has 1 aliphatic carbocycles. The van der Waals surface area contributed by atoms with Gasteiger partial charge in [-0.2, -0.15) is 0 Å². The molecule has 22 heavy (non-hydrogen) atoms. The molecule has 1 aliphatic rings. The first-order chi connectivity index (χ1) is 10.7. The highest BCUT2D eigenvalue weighted by atomic mass is 19.1. The number of aryl methyl sites for hydroxylation is 1. The van der Waals surface area contributed by atoms with Crippen LogP contribution in [-0.2, 0) is 0 Å². The first-order valence-corrected chi connectivity index (χ1v) is 7.56. The van der Waals surface area contributed by atoms with Crippen LogP contribution in [0, 0.1) is 18.7 Å². The van der Waals surface area contributed by atoms with Crippen LogP contribution in [0.15, 0.2) is 36.5 Å². The van der Waals surface area contributed by atoms with E-state index in [1.165, 1.54) is 18.9 Å². The highest BCUT2D eigenvalue weighted by molar-refractivity contribution is 5.64. The first kappa shape index (κ1) is 13.2. The summed E-state index contributed by atoms with van der Waals surface area (Å²) >= 11 is 0. The second-order valence-corrected chi connectivity index (χ2v) is 5.92. The van der Waals surface area contributed by atoms with E-state index in [0.29, 0.717) is 5.56 Å². The smallest absolute Gasteiger partial charge is 0.154 e. The van der Waals surface area contributed by atoms with Crippen molar-refractivity contribution >= 4 is 11.5 Å². The molecule has 0 radical (unpaired) electrons. The molecule has 0 unspecified atom stereocenters. The van der Waals surface area contributed by atoms with Crippen molar-refractivity contribution in [1.29, 1.82) is 0 Å². The van der Waals surface area contributed by atoms with E-state index in [-0.39, 0.29) is 5.82 Å². The van der Waals surface area contributed by atoms with E-state index in [1.54, 1.807) is 23.7 Å². The number of hydrogen-bond acceptors (Lipinski definition) is 3. The van der Waals surface area contributed by atoms with E-state index in [9.17, 15) is 4.39 Å². The number of aromatic nitrogens is 3. The highest BCUT2D eigenvalue weighted by Gasteiger charge is 2.20. The van der Waals surface area contributed by atoms with Crippen molar-refractivity contribution in [3.8, 4) is 11.3 Å². The maximum Gasteiger partial charge on any atom is 0.154 e. The molecule has 0 aliphatic heterocycles. The lowest BCUT2D eigenvalue weighted by Gasteiger charge is -2.07. The fraction of sp³-hybridized carbons (Fsp3) is 0.294. The van der Waals surface area contributed by atoms with E-state index in [2.05, 4.69) is 15.4 Å². The molecule has 112 valence electrons. The molecule has 0 atom stereocenters. The van der Waals surface area contributed by atoms with Crippen molar-refractivity contribution in [2.45, 2.75) is 19.8 Å². The minimum atomic E-state index is -0.213. The summed E-state index contributed by atoms with van der Waals surface area (Å²) in [5.41, 5.74) is 2.97. The fourth-order valence-corrected chi connectivity index (χ4v) is 2.49. The molecule has 1 N–H and O–H groups in total. The number of nitrogens with one attached hydrogen (secondary N) is 1.